The molecule has 5 nitrogen and oxygen atoms in total. The predicted molar refractivity (Wildman–Crippen MR) is 104 cm³/mol. The van der Waals surface area contributed by atoms with Crippen molar-refractivity contribution in [1.82, 2.24) is 5.32 Å². The zero-order chi connectivity index (χ0) is 18.2. The number of carbonyl (C=O) groups excluding carboxylic acids is 1. The summed E-state index contributed by atoms with van der Waals surface area (Å²) in [5, 5.41) is 5.82. The largest absolute Gasteiger partial charge is 0.496 e. The summed E-state index contributed by atoms with van der Waals surface area (Å²) in [6.45, 7) is 2.41. The topological polar surface area (TPSA) is 59.6 Å². The van der Waals surface area contributed by atoms with Crippen molar-refractivity contribution in [3.8, 4) is 16.9 Å². The summed E-state index contributed by atoms with van der Waals surface area (Å²) in [5.74, 6) is 1.46. The van der Waals surface area contributed by atoms with E-state index in [4.69, 9.17) is 9.47 Å². The molecule has 0 radical (unpaired) electrons. The number of urea groups is 1. The van der Waals surface area contributed by atoms with Crippen LogP contribution in [0.1, 0.15) is 19.3 Å². The van der Waals surface area contributed by atoms with Crippen LogP contribution in [0.25, 0.3) is 11.1 Å². The van der Waals surface area contributed by atoms with E-state index in [0.717, 1.165) is 55.0 Å². The van der Waals surface area contributed by atoms with E-state index in [1.54, 1.807) is 7.11 Å². The third-order valence-electron chi connectivity index (χ3n) is 4.64. The van der Waals surface area contributed by atoms with E-state index >= 15 is 0 Å². The van der Waals surface area contributed by atoms with Gasteiger partial charge in [-0.1, -0.05) is 30.3 Å². The minimum Gasteiger partial charge on any atom is -0.496 e. The van der Waals surface area contributed by atoms with Crippen LogP contribution in [-0.4, -0.2) is 32.9 Å². The lowest BCUT2D eigenvalue weighted by molar-refractivity contribution is 0.184. The molecular weight excluding hydrogens is 328 g/mol. The number of para-hydroxylation sites is 1. The summed E-state index contributed by atoms with van der Waals surface area (Å²) in [5.41, 5.74) is 2.76. The number of amides is 2. The normalized spacial score (nSPS) is 16.3. The maximum absolute atomic E-state index is 12.1. The second-order valence-electron chi connectivity index (χ2n) is 6.53. The molecule has 2 aromatic rings. The van der Waals surface area contributed by atoms with E-state index in [0.29, 0.717) is 12.5 Å². The molecule has 138 valence electrons. The Hall–Kier alpha value is -2.53. The molecule has 0 aliphatic carbocycles. The molecule has 0 spiro atoms. The number of methoxy groups -OCH3 is 1. The molecular formula is C21H26N2O3. The second-order valence-corrected chi connectivity index (χ2v) is 6.53. The Morgan fingerprint density at radius 3 is 2.92 bits per heavy atom. The van der Waals surface area contributed by atoms with Gasteiger partial charge in [0.1, 0.15) is 5.75 Å². The molecule has 3 rings (SSSR count). The van der Waals surface area contributed by atoms with Gasteiger partial charge in [-0.3, -0.25) is 0 Å². The molecule has 1 saturated heterocycles. The first kappa shape index (κ1) is 18.3. The van der Waals surface area contributed by atoms with E-state index in [9.17, 15) is 4.79 Å². The number of rotatable bonds is 7. The molecule has 2 amide bonds. The number of hydrogen-bond donors (Lipinski definition) is 2. The van der Waals surface area contributed by atoms with Crippen LogP contribution in [0.4, 0.5) is 10.5 Å². The molecule has 1 aliphatic heterocycles. The molecule has 0 saturated carbocycles. The third kappa shape index (κ3) is 4.99. The van der Waals surface area contributed by atoms with E-state index in [-0.39, 0.29) is 6.03 Å². The SMILES string of the molecule is COc1ccccc1-c1cccc(NC(=O)NCCC[C@H]2CCOC2)c1. The van der Waals surface area contributed by atoms with Crippen molar-refractivity contribution in [1.29, 1.82) is 0 Å². The van der Waals surface area contributed by atoms with Gasteiger partial charge in [0.25, 0.3) is 0 Å². The van der Waals surface area contributed by atoms with Crippen LogP contribution in [0, 0.1) is 5.92 Å². The zero-order valence-electron chi connectivity index (χ0n) is 15.2. The van der Waals surface area contributed by atoms with Gasteiger partial charge in [0.05, 0.1) is 7.11 Å². The summed E-state index contributed by atoms with van der Waals surface area (Å²) in [4.78, 5) is 12.1. The number of hydrogen-bond acceptors (Lipinski definition) is 3. The monoisotopic (exact) mass is 354 g/mol. The van der Waals surface area contributed by atoms with Crippen LogP contribution in [0.2, 0.25) is 0 Å². The Balaban J connectivity index is 1.52. The highest BCUT2D eigenvalue weighted by Gasteiger charge is 2.14. The van der Waals surface area contributed by atoms with Gasteiger partial charge in [-0.2, -0.15) is 0 Å². The molecule has 0 bridgehead atoms. The van der Waals surface area contributed by atoms with Gasteiger partial charge in [0, 0.05) is 31.0 Å². The van der Waals surface area contributed by atoms with Gasteiger partial charge in [0.15, 0.2) is 0 Å². The lowest BCUT2D eigenvalue weighted by atomic mass is 10.0. The molecule has 0 aromatic heterocycles. The van der Waals surface area contributed by atoms with E-state index < -0.39 is 0 Å². The number of ether oxygens (including phenoxy) is 2. The van der Waals surface area contributed by atoms with Gasteiger partial charge in [-0.15, -0.1) is 0 Å². The van der Waals surface area contributed by atoms with E-state index in [1.165, 1.54) is 0 Å². The Kier molecular flexibility index (Phi) is 6.50. The minimum absolute atomic E-state index is 0.176. The lowest BCUT2D eigenvalue weighted by Crippen LogP contribution is -2.29. The molecule has 0 unspecified atom stereocenters. The fourth-order valence-electron chi connectivity index (χ4n) is 3.23. The van der Waals surface area contributed by atoms with Gasteiger partial charge >= 0.3 is 6.03 Å². The minimum atomic E-state index is -0.176. The van der Waals surface area contributed by atoms with E-state index in [1.807, 2.05) is 48.5 Å². The standard InChI is InChI=1S/C21H26N2O3/c1-25-20-10-3-2-9-19(20)17-7-4-8-18(14-17)23-21(24)22-12-5-6-16-11-13-26-15-16/h2-4,7-10,14,16H,5-6,11-13,15H2,1H3,(H2,22,23,24)/t16-/m0/s1. The van der Waals surface area contributed by atoms with Crippen molar-refractivity contribution in [3.63, 3.8) is 0 Å². The summed E-state index contributed by atoms with van der Waals surface area (Å²) in [6, 6.07) is 15.4. The highest BCUT2D eigenvalue weighted by atomic mass is 16.5. The first-order valence-electron chi connectivity index (χ1n) is 9.12. The maximum Gasteiger partial charge on any atom is 0.319 e. The molecule has 1 atom stereocenters. The van der Waals surface area contributed by atoms with Crippen molar-refractivity contribution in [2.75, 3.05) is 32.2 Å². The quantitative estimate of drug-likeness (QED) is 0.729. The number of benzene rings is 2. The van der Waals surface area contributed by atoms with Crippen LogP contribution in [0.5, 0.6) is 5.75 Å². The third-order valence-corrected chi connectivity index (χ3v) is 4.64. The summed E-state index contributed by atoms with van der Waals surface area (Å²) in [6.07, 6.45) is 3.22. The lowest BCUT2D eigenvalue weighted by Gasteiger charge is -2.12. The molecule has 5 heteroatoms. The highest BCUT2D eigenvalue weighted by molar-refractivity contribution is 5.90. The molecule has 2 aromatic carbocycles. The molecule has 26 heavy (non-hydrogen) atoms. The Labute approximate surface area is 154 Å². The molecule has 1 aliphatic rings. The van der Waals surface area contributed by atoms with Gasteiger partial charge in [-0.05, 0) is 48.9 Å². The highest BCUT2D eigenvalue weighted by Crippen LogP contribution is 2.30. The predicted octanol–water partition coefficient (Wildman–Crippen LogP) is 4.30. The Bertz CT molecular complexity index is 727. The van der Waals surface area contributed by atoms with Crippen molar-refractivity contribution in [3.05, 3.63) is 48.5 Å². The first-order valence-corrected chi connectivity index (χ1v) is 9.12. The fourth-order valence-corrected chi connectivity index (χ4v) is 3.23. The van der Waals surface area contributed by atoms with Crippen molar-refractivity contribution in [2.45, 2.75) is 19.3 Å². The molecule has 1 fully saturated rings. The van der Waals surface area contributed by atoms with Gasteiger partial charge in [0.2, 0.25) is 0 Å². The first-order chi connectivity index (χ1) is 12.8. The van der Waals surface area contributed by atoms with Gasteiger partial charge in [-0.25, -0.2) is 4.79 Å². The number of anilines is 1. The van der Waals surface area contributed by atoms with Crippen molar-refractivity contribution >= 4 is 11.7 Å². The maximum atomic E-state index is 12.1. The van der Waals surface area contributed by atoms with Crippen molar-refractivity contribution < 1.29 is 14.3 Å². The number of carbonyl (C=O) groups is 1. The summed E-state index contributed by atoms with van der Waals surface area (Å²) in [7, 11) is 1.66. The summed E-state index contributed by atoms with van der Waals surface area (Å²) >= 11 is 0. The van der Waals surface area contributed by atoms with Crippen LogP contribution >= 0.6 is 0 Å². The molecule has 1 heterocycles. The Morgan fingerprint density at radius 2 is 2.12 bits per heavy atom. The van der Waals surface area contributed by atoms with E-state index in [2.05, 4.69) is 10.6 Å². The number of nitrogens with one attached hydrogen (secondary N) is 2. The second kappa shape index (κ2) is 9.25. The van der Waals surface area contributed by atoms with Crippen LogP contribution in [-0.2, 0) is 4.74 Å². The fraction of sp³-hybridized carbons (Fsp3) is 0.381. The van der Waals surface area contributed by atoms with Crippen LogP contribution < -0.4 is 15.4 Å². The Morgan fingerprint density at radius 1 is 1.23 bits per heavy atom. The zero-order valence-corrected chi connectivity index (χ0v) is 15.2. The average molecular weight is 354 g/mol. The molecule has 2 N–H and O–H groups in total. The van der Waals surface area contributed by atoms with Crippen molar-refractivity contribution in [2.24, 2.45) is 5.92 Å². The van der Waals surface area contributed by atoms with Crippen LogP contribution in [0.3, 0.4) is 0 Å². The average Bonchev–Trinajstić information content (AvgIpc) is 3.19. The smallest absolute Gasteiger partial charge is 0.319 e. The van der Waals surface area contributed by atoms with Crippen LogP contribution in [0.15, 0.2) is 48.5 Å². The van der Waals surface area contributed by atoms with Gasteiger partial charge < -0.3 is 20.1 Å². The summed E-state index contributed by atoms with van der Waals surface area (Å²) < 4.78 is 10.8.